The van der Waals surface area contributed by atoms with Crippen molar-refractivity contribution in [2.75, 3.05) is 33.4 Å². The van der Waals surface area contributed by atoms with Crippen LogP contribution >= 0.6 is 0 Å². The Labute approximate surface area is 66.3 Å². The van der Waals surface area contributed by atoms with Crippen LogP contribution in [0.1, 0.15) is 0 Å². The smallest absolute Gasteiger partial charge is 0.188 e. The molecule has 0 aromatic carbocycles. The van der Waals surface area contributed by atoms with Gasteiger partial charge >= 0.3 is 0 Å². The summed E-state index contributed by atoms with van der Waals surface area (Å²) in [4.78, 5) is 3.79. The van der Waals surface area contributed by atoms with E-state index >= 15 is 0 Å². The summed E-state index contributed by atoms with van der Waals surface area (Å²) in [5.74, 6) is 0.344. The number of aliphatic hydroxyl groups excluding tert-OH is 1. The predicted molar refractivity (Wildman–Crippen MR) is 43.5 cm³/mol. The Bertz CT molecular complexity index is 116. The second-order valence-corrected chi connectivity index (χ2v) is 1.91. The van der Waals surface area contributed by atoms with Crippen LogP contribution in [0.4, 0.5) is 0 Å². The number of hydrogen-bond acceptors (Lipinski definition) is 3. The molecule has 0 atom stereocenters. The van der Waals surface area contributed by atoms with E-state index in [4.69, 9.17) is 15.6 Å². The highest BCUT2D eigenvalue weighted by Crippen LogP contribution is 1.68. The minimum atomic E-state index is 0.0205. The highest BCUT2D eigenvalue weighted by Gasteiger charge is 1.88. The van der Waals surface area contributed by atoms with Crippen LogP contribution in [0.3, 0.4) is 0 Å². The number of hydrogen-bond donors (Lipinski definition) is 3. The summed E-state index contributed by atoms with van der Waals surface area (Å²) in [5, 5.41) is 11.2. The van der Waals surface area contributed by atoms with Crippen LogP contribution in [-0.2, 0) is 4.74 Å². The van der Waals surface area contributed by atoms with Crippen molar-refractivity contribution in [3.05, 3.63) is 0 Å². The first-order valence-electron chi connectivity index (χ1n) is 3.45. The average molecular weight is 161 g/mol. The zero-order valence-electron chi connectivity index (χ0n) is 6.71. The minimum Gasteiger partial charge on any atom is -0.394 e. The standard InChI is InChI=1S/C6H15N3O2/c1-11-5-3-9-6(7)8-2-4-10/h10H,2-5H2,1H3,(H3,7,8,9). The molecule has 11 heavy (non-hydrogen) atoms. The Balaban J connectivity index is 3.27. The number of ether oxygens (including phenoxy) is 1. The summed E-state index contributed by atoms with van der Waals surface area (Å²) in [6, 6.07) is 0. The van der Waals surface area contributed by atoms with Gasteiger partial charge in [0.2, 0.25) is 0 Å². The number of methoxy groups -OCH3 is 1. The lowest BCUT2D eigenvalue weighted by Gasteiger charge is -2.03. The van der Waals surface area contributed by atoms with E-state index in [1.165, 1.54) is 0 Å². The van der Waals surface area contributed by atoms with Gasteiger partial charge in [0.15, 0.2) is 5.96 Å². The third-order valence-electron chi connectivity index (χ3n) is 0.994. The first-order valence-corrected chi connectivity index (χ1v) is 3.45. The first kappa shape index (κ1) is 10.2. The number of aliphatic imine (C=N–C) groups is 1. The molecule has 0 aromatic rings. The molecule has 4 N–H and O–H groups in total. The lowest BCUT2D eigenvalue weighted by atomic mass is 10.6. The molecule has 0 spiro atoms. The van der Waals surface area contributed by atoms with E-state index in [2.05, 4.69) is 10.3 Å². The van der Waals surface area contributed by atoms with Crippen LogP contribution in [-0.4, -0.2) is 44.5 Å². The predicted octanol–water partition coefficient (Wildman–Crippen LogP) is -1.47. The molecule has 0 aromatic heterocycles. The van der Waals surface area contributed by atoms with Crippen molar-refractivity contribution in [2.24, 2.45) is 10.7 Å². The molecule has 66 valence electrons. The van der Waals surface area contributed by atoms with Gasteiger partial charge in [0.25, 0.3) is 0 Å². The Kier molecular flexibility index (Phi) is 6.76. The lowest BCUT2D eigenvalue weighted by Crippen LogP contribution is -2.34. The van der Waals surface area contributed by atoms with E-state index in [1.54, 1.807) is 7.11 Å². The summed E-state index contributed by atoms with van der Waals surface area (Å²) < 4.78 is 4.77. The molecule has 0 fully saturated rings. The quantitative estimate of drug-likeness (QED) is 0.261. The van der Waals surface area contributed by atoms with Crippen LogP contribution in [0.25, 0.3) is 0 Å². The molecular weight excluding hydrogens is 146 g/mol. The number of nitrogens with two attached hydrogens (primary N) is 1. The van der Waals surface area contributed by atoms with Crippen LogP contribution in [0.2, 0.25) is 0 Å². The van der Waals surface area contributed by atoms with Gasteiger partial charge in [-0.1, -0.05) is 0 Å². The third-order valence-corrected chi connectivity index (χ3v) is 0.994. The number of guanidine groups is 1. The van der Waals surface area contributed by atoms with Gasteiger partial charge in [-0.3, -0.25) is 4.99 Å². The maximum Gasteiger partial charge on any atom is 0.188 e. The van der Waals surface area contributed by atoms with E-state index in [9.17, 15) is 0 Å². The largest absolute Gasteiger partial charge is 0.394 e. The Morgan fingerprint density at radius 1 is 1.73 bits per heavy atom. The molecule has 0 amide bonds. The van der Waals surface area contributed by atoms with Gasteiger partial charge < -0.3 is 20.9 Å². The molecular formula is C6H15N3O2. The summed E-state index contributed by atoms with van der Waals surface area (Å²) >= 11 is 0. The van der Waals surface area contributed by atoms with Crippen LogP contribution < -0.4 is 11.1 Å². The number of aliphatic hydroxyl groups is 1. The molecule has 0 rings (SSSR count). The van der Waals surface area contributed by atoms with Crippen molar-refractivity contribution < 1.29 is 9.84 Å². The summed E-state index contributed by atoms with van der Waals surface area (Å²) in [7, 11) is 1.61. The number of rotatable bonds is 5. The van der Waals surface area contributed by atoms with Crippen molar-refractivity contribution in [1.29, 1.82) is 0 Å². The fourth-order valence-corrected chi connectivity index (χ4v) is 0.508. The number of nitrogens with one attached hydrogen (secondary N) is 1. The molecule has 0 aliphatic rings. The maximum atomic E-state index is 8.37. The first-order chi connectivity index (χ1) is 5.31. The normalized spacial score (nSPS) is 11.6. The molecule has 0 aliphatic carbocycles. The lowest BCUT2D eigenvalue weighted by molar-refractivity contribution is 0.204. The van der Waals surface area contributed by atoms with E-state index < -0.39 is 0 Å². The molecule has 0 bridgehead atoms. The van der Waals surface area contributed by atoms with E-state index in [0.717, 1.165) is 0 Å². The third kappa shape index (κ3) is 7.08. The van der Waals surface area contributed by atoms with Gasteiger partial charge in [0, 0.05) is 13.7 Å². The van der Waals surface area contributed by atoms with Gasteiger partial charge in [-0.15, -0.1) is 0 Å². The van der Waals surface area contributed by atoms with Gasteiger partial charge in [-0.05, 0) is 0 Å². The van der Waals surface area contributed by atoms with Crippen molar-refractivity contribution in [3.8, 4) is 0 Å². The van der Waals surface area contributed by atoms with Crippen LogP contribution in [0.5, 0.6) is 0 Å². The molecule has 0 radical (unpaired) electrons. The average Bonchev–Trinajstić information content (AvgIpc) is 2.01. The molecule has 0 heterocycles. The van der Waals surface area contributed by atoms with Gasteiger partial charge in [0.05, 0.1) is 19.8 Å². The zero-order chi connectivity index (χ0) is 8.53. The highest BCUT2D eigenvalue weighted by atomic mass is 16.5. The van der Waals surface area contributed by atoms with Crippen molar-refractivity contribution in [2.45, 2.75) is 0 Å². The van der Waals surface area contributed by atoms with E-state index in [1.807, 2.05) is 0 Å². The zero-order valence-corrected chi connectivity index (χ0v) is 6.71. The summed E-state index contributed by atoms with van der Waals surface area (Å²) in [6.07, 6.45) is 0. The molecule has 5 heteroatoms. The minimum absolute atomic E-state index is 0.0205. The molecule has 0 unspecified atom stereocenters. The number of nitrogens with zero attached hydrogens (tertiary/aromatic N) is 1. The van der Waals surface area contributed by atoms with Crippen LogP contribution in [0, 0.1) is 0 Å². The fraction of sp³-hybridized carbons (Fsp3) is 0.833. The monoisotopic (exact) mass is 161 g/mol. The fourth-order valence-electron chi connectivity index (χ4n) is 0.508. The van der Waals surface area contributed by atoms with E-state index in [-0.39, 0.29) is 6.61 Å². The van der Waals surface area contributed by atoms with Crippen LogP contribution in [0.15, 0.2) is 4.99 Å². The molecule has 0 saturated heterocycles. The van der Waals surface area contributed by atoms with Gasteiger partial charge in [-0.25, -0.2) is 0 Å². The van der Waals surface area contributed by atoms with Gasteiger partial charge in [0.1, 0.15) is 0 Å². The van der Waals surface area contributed by atoms with Gasteiger partial charge in [-0.2, -0.15) is 0 Å². The summed E-state index contributed by atoms with van der Waals surface area (Å²) in [5.41, 5.74) is 5.37. The van der Waals surface area contributed by atoms with Crippen molar-refractivity contribution >= 4 is 5.96 Å². The molecule has 0 aliphatic heterocycles. The second-order valence-electron chi connectivity index (χ2n) is 1.91. The molecule has 0 saturated carbocycles. The topological polar surface area (TPSA) is 79.9 Å². The molecule has 5 nitrogen and oxygen atoms in total. The Morgan fingerprint density at radius 2 is 2.45 bits per heavy atom. The maximum absolute atomic E-state index is 8.37. The Morgan fingerprint density at radius 3 is 3.00 bits per heavy atom. The van der Waals surface area contributed by atoms with Crippen molar-refractivity contribution in [3.63, 3.8) is 0 Å². The van der Waals surface area contributed by atoms with Crippen molar-refractivity contribution in [1.82, 2.24) is 5.32 Å². The Hall–Kier alpha value is -0.810. The highest BCUT2D eigenvalue weighted by molar-refractivity contribution is 5.77. The SMILES string of the molecule is COCCNC(N)=NCCO. The second kappa shape index (κ2) is 7.30. The van der Waals surface area contributed by atoms with E-state index in [0.29, 0.717) is 25.7 Å². The summed E-state index contributed by atoms with van der Waals surface area (Å²) in [6.45, 7) is 1.59.